The maximum absolute atomic E-state index is 7.53. The molecule has 0 aliphatic rings. The van der Waals surface area contributed by atoms with Crippen molar-refractivity contribution in [1.29, 1.82) is 0 Å². The van der Waals surface area contributed by atoms with E-state index in [0.717, 1.165) is 59.8 Å². The van der Waals surface area contributed by atoms with Crippen LogP contribution in [0.3, 0.4) is 0 Å². The lowest BCUT2D eigenvalue weighted by atomic mass is 10.1. The van der Waals surface area contributed by atoms with E-state index in [1.165, 1.54) is 0 Å². The summed E-state index contributed by atoms with van der Waals surface area (Å²) < 4.78 is 5.26. The zero-order chi connectivity index (χ0) is 27.9. The maximum atomic E-state index is 7.53. The highest BCUT2D eigenvalue weighted by Crippen LogP contribution is 2.36. The van der Waals surface area contributed by atoms with Crippen LogP contribution in [0.1, 0.15) is 0 Å². The minimum atomic E-state index is 0.574. The fourth-order valence-electron chi connectivity index (χ4n) is 5.21. The van der Waals surface area contributed by atoms with Crippen molar-refractivity contribution in [3.8, 4) is 34.2 Å². The quantitative estimate of drug-likeness (QED) is 0.143. The molecular formula is C34H19IN6. The summed E-state index contributed by atoms with van der Waals surface area (Å²) in [4.78, 5) is 17.4. The predicted molar refractivity (Wildman–Crippen MR) is 172 cm³/mol. The molecule has 7 heteroatoms. The molecule has 0 atom stereocenters. The van der Waals surface area contributed by atoms with Gasteiger partial charge in [-0.15, -0.1) is 0 Å². The summed E-state index contributed by atoms with van der Waals surface area (Å²) in [6.45, 7) is 15.1. The third-order valence-corrected chi connectivity index (χ3v) is 7.59. The largest absolute Gasteiger partial charge is 0.294 e. The van der Waals surface area contributed by atoms with Crippen molar-refractivity contribution in [2.24, 2.45) is 0 Å². The summed E-state index contributed by atoms with van der Waals surface area (Å²) in [6, 6.07) is 37.7. The second-order valence-corrected chi connectivity index (χ2v) is 10.8. The number of nitrogens with zero attached hydrogens (tertiary/aromatic N) is 6. The van der Waals surface area contributed by atoms with E-state index < -0.39 is 0 Å². The monoisotopic (exact) mass is 638 g/mol. The second-order valence-electron chi connectivity index (χ2n) is 9.51. The van der Waals surface area contributed by atoms with Crippen LogP contribution in [0, 0.1) is 16.7 Å². The first-order chi connectivity index (χ1) is 20.1. The smallest absolute Gasteiger partial charge is 0.189 e. The van der Waals surface area contributed by atoms with Gasteiger partial charge in [0.15, 0.2) is 11.4 Å². The van der Waals surface area contributed by atoms with Gasteiger partial charge in [-0.05, 0) is 89.3 Å². The van der Waals surface area contributed by atoms with Crippen molar-refractivity contribution in [3.63, 3.8) is 0 Å². The van der Waals surface area contributed by atoms with Crippen LogP contribution in [0.15, 0.2) is 115 Å². The van der Waals surface area contributed by atoms with E-state index in [9.17, 15) is 0 Å². The summed E-state index contributed by atoms with van der Waals surface area (Å²) >= 11 is 2.34. The second kappa shape index (κ2) is 10.1. The predicted octanol–water partition coefficient (Wildman–Crippen LogP) is 9.40. The van der Waals surface area contributed by atoms with E-state index in [4.69, 9.17) is 23.1 Å². The molecule has 0 N–H and O–H groups in total. The van der Waals surface area contributed by atoms with Gasteiger partial charge in [0.25, 0.3) is 0 Å². The van der Waals surface area contributed by atoms with Crippen molar-refractivity contribution in [2.75, 3.05) is 0 Å². The molecule has 0 saturated carbocycles. The minimum Gasteiger partial charge on any atom is -0.294 e. The minimum absolute atomic E-state index is 0.574. The number of para-hydroxylation sites is 4. The molecule has 192 valence electrons. The molecular weight excluding hydrogens is 619 g/mol. The lowest BCUT2D eigenvalue weighted by Gasteiger charge is -2.13. The number of hydrogen-bond acceptors (Lipinski definition) is 2. The molecule has 6 nitrogen and oxygen atoms in total. The van der Waals surface area contributed by atoms with Crippen molar-refractivity contribution >= 4 is 56.0 Å². The number of aromatic nitrogens is 4. The Labute approximate surface area is 249 Å². The Morgan fingerprint density at radius 2 is 1.00 bits per heavy atom. The Balaban J connectivity index is 1.49. The maximum Gasteiger partial charge on any atom is 0.189 e. The molecule has 0 spiro atoms. The van der Waals surface area contributed by atoms with Gasteiger partial charge in [-0.3, -0.25) is 9.13 Å². The highest BCUT2D eigenvalue weighted by atomic mass is 127. The van der Waals surface area contributed by atoms with E-state index in [1.807, 2.05) is 84.9 Å². The summed E-state index contributed by atoms with van der Waals surface area (Å²) in [5.41, 5.74) is 8.46. The fourth-order valence-corrected chi connectivity index (χ4v) is 5.88. The first kappa shape index (κ1) is 24.8. The first-order valence-electron chi connectivity index (χ1n) is 12.8. The number of halogens is 1. The van der Waals surface area contributed by atoms with Crippen LogP contribution in [-0.4, -0.2) is 19.1 Å². The highest BCUT2D eigenvalue weighted by molar-refractivity contribution is 14.1. The average Bonchev–Trinajstić information content (AvgIpc) is 3.60. The molecule has 7 rings (SSSR count). The number of rotatable bonds is 4. The van der Waals surface area contributed by atoms with Gasteiger partial charge >= 0.3 is 0 Å². The van der Waals surface area contributed by atoms with Gasteiger partial charge in [-0.2, -0.15) is 0 Å². The molecule has 0 saturated heterocycles. The van der Waals surface area contributed by atoms with Gasteiger partial charge in [0, 0.05) is 26.1 Å². The van der Waals surface area contributed by atoms with Crippen LogP contribution >= 0.6 is 22.6 Å². The van der Waals surface area contributed by atoms with E-state index in [-0.39, 0.29) is 0 Å². The van der Waals surface area contributed by atoms with Crippen molar-refractivity contribution in [2.45, 2.75) is 0 Å². The third kappa shape index (κ3) is 4.33. The van der Waals surface area contributed by atoms with Crippen LogP contribution in [0.5, 0.6) is 0 Å². The first-order valence-corrected chi connectivity index (χ1v) is 13.9. The normalized spacial score (nSPS) is 11.0. The van der Waals surface area contributed by atoms with E-state index in [2.05, 4.69) is 71.7 Å². The number of fused-ring (bicyclic) bond motifs is 2. The molecule has 0 amide bonds. The van der Waals surface area contributed by atoms with Crippen molar-refractivity contribution in [1.82, 2.24) is 19.1 Å². The Kier molecular flexibility index (Phi) is 6.07. The summed E-state index contributed by atoms with van der Waals surface area (Å²) in [5, 5.41) is 0. The molecule has 0 aliphatic heterocycles. The standard InChI is InChI=1S/C34H19IN6/c1-36-25-9-7-11-27(20-25)40-31-15-5-3-13-29(31)38-33(40)22-17-23(19-24(35)18-22)34-39-30-14-4-6-16-32(30)41(34)28-12-8-10-26(21-28)37-2/h3-21H. The van der Waals surface area contributed by atoms with E-state index in [0.29, 0.717) is 11.4 Å². The van der Waals surface area contributed by atoms with Crippen LogP contribution in [0.25, 0.3) is 65.9 Å². The van der Waals surface area contributed by atoms with E-state index >= 15 is 0 Å². The number of hydrogen-bond donors (Lipinski definition) is 0. The van der Waals surface area contributed by atoms with E-state index in [1.54, 1.807) is 0 Å². The van der Waals surface area contributed by atoms with Crippen molar-refractivity contribution < 1.29 is 0 Å². The average molecular weight is 638 g/mol. The fraction of sp³-hybridized carbons (Fsp3) is 0. The molecule has 7 aromatic rings. The SMILES string of the molecule is [C-]#[N+]c1cccc(-n2c(-c3cc(I)cc(-c4nc5ccccc5n4-c4cccc([N+]#[C-])c4)c3)nc3ccccc32)c1. The van der Waals surface area contributed by atoms with Gasteiger partial charge < -0.3 is 0 Å². The molecule has 0 bridgehead atoms. The Morgan fingerprint density at radius 1 is 0.537 bits per heavy atom. The van der Waals surface area contributed by atoms with Gasteiger partial charge in [0.2, 0.25) is 0 Å². The number of benzene rings is 5. The summed E-state index contributed by atoms with van der Waals surface area (Å²) in [6.07, 6.45) is 0. The topological polar surface area (TPSA) is 44.4 Å². The van der Waals surface area contributed by atoms with Gasteiger partial charge in [-0.1, -0.05) is 48.5 Å². The Morgan fingerprint density at radius 3 is 1.46 bits per heavy atom. The zero-order valence-electron chi connectivity index (χ0n) is 21.5. The van der Waals surface area contributed by atoms with Gasteiger partial charge in [0.05, 0.1) is 35.2 Å². The molecule has 0 unspecified atom stereocenters. The lowest BCUT2D eigenvalue weighted by Crippen LogP contribution is -2.00. The summed E-state index contributed by atoms with van der Waals surface area (Å²) in [7, 11) is 0. The highest BCUT2D eigenvalue weighted by Gasteiger charge is 2.19. The van der Waals surface area contributed by atoms with Crippen LogP contribution in [-0.2, 0) is 0 Å². The summed E-state index contributed by atoms with van der Waals surface area (Å²) in [5.74, 6) is 1.57. The molecule has 0 radical (unpaired) electrons. The Hall–Kier alpha value is -5.25. The molecule has 0 fully saturated rings. The lowest BCUT2D eigenvalue weighted by molar-refractivity contribution is 1.09. The molecule has 0 aliphatic carbocycles. The zero-order valence-corrected chi connectivity index (χ0v) is 23.7. The Bertz CT molecular complexity index is 2060. The molecule has 2 heterocycles. The third-order valence-electron chi connectivity index (χ3n) is 6.97. The number of imidazole rings is 2. The molecule has 2 aromatic heterocycles. The van der Waals surface area contributed by atoms with Crippen molar-refractivity contribution in [3.05, 3.63) is 142 Å². The molecule has 5 aromatic carbocycles. The van der Waals surface area contributed by atoms with Crippen LogP contribution < -0.4 is 0 Å². The van der Waals surface area contributed by atoms with Gasteiger partial charge in [0.1, 0.15) is 11.6 Å². The van der Waals surface area contributed by atoms with Crippen LogP contribution in [0.2, 0.25) is 0 Å². The van der Waals surface area contributed by atoms with Gasteiger partial charge in [-0.25, -0.2) is 19.7 Å². The molecule has 41 heavy (non-hydrogen) atoms. The van der Waals surface area contributed by atoms with Crippen LogP contribution in [0.4, 0.5) is 11.4 Å².